The van der Waals surface area contributed by atoms with Gasteiger partial charge in [-0.1, -0.05) is 67.9 Å². The molecule has 2 amide bonds. The fourth-order valence-electron chi connectivity index (χ4n) is 2.81. The van der Waals surface area contributed by atoms with Crippen molar-refractivity contribution in [3.63, 3.8) is 0 Å². The molecule has 29 heavy (non-hydrogen) atoms. The first-order valence-corrected chi connectivity index (χ1v) is 10.2. The number of ether oxygens (including phenoxy) is 1. The van der Waals surface area contributed by atoms with E-state index < -0.39 is 6.04 Å². The Bertz CT molecular complexity index is 796. The average molecular weight is 417 g/mol. The van der Waals surface area contributed by atoms with Gasteiger partial charge in [-0.05, 0) is 37.0 Å². The number of hydrogen-bond acceptors (Lipinski definition) is 3. The van der Waals surface area contributed by atoms with E-state index in [0.29, 0.717) is 36.2 Å². The molecule has 156 valence electrons. The molecule has 2 aromatic rings. The van der Waals surface area contributed by atoms with Gasteiger partial charge in [0.05, 0.1) is 5.02 Å². The quantitative estimate of drug-likeness (QED) is 0.638. The van der Waals surface area contributed by atoms with Crippen molar-refractivity contribution in [2.75, 3.05) is 19.7 Å². The highest BCUT2D eigenvalue weighted by atomic mass is 35.5. The van der Waals surface area contributed by atoms with Gasteiger partial charge in [-0.3, -0.25) is 9.59 Å². The third-order valence-corrected chi connectivity index (χ3v) is 4.84. The van der Waals surface area contributed by atoms with Gasteiger partial charge < -0.3 is 15.0 Å². The number of rotatable bonds is 10. The summed E-state index contributed by atoms with van der Waals surface area (Å²) in [5, 5.41) is 3.35. The molecule has 2 rings (SSSR count). The molecule has 0 unspecified atom stereocenters. The number of halogens is 1. The van der Waals surface area contributed by atoms with Crippen LogP contribution in [0.25, 0.3) is 0 Å². The van der Waals surface area contributed by atoms with Gasteiger partial charge in [-0.15, -0.1) is 0 Å². The molecule has 0 aromatic heterocycles. The molecule has 0 saturated heterocycles. The molecule has 2 aromatic carbocycles. The molecule has 1 atom stereocenters. The van der Waals surface area contributed by atoms with Crippen LogP contribution in [0.1, 0.15) is 26.3 Å². The zero-order chi connectivity index (χ0) is 21.2. The Kier molecular flexibility index (Phi) is 9.00. The number of carbonyl (C=O) groups excluding carboxylic acids is 2. The number of carbonyl (C=O) groups is 2. The first-order chi connectivity index (χ1) is 13.9. The molecule has 0 aliphatic carbocycles. The summed E-state index contributed by atoms with van der Waals surface area (Å²) in [6, 6.07) is 16.3. The molecule has 0 fully saturated rings. The van der Waals surface area contributed by atoms with E-state index in [1.165, 1.54) is 0 Å². The van der Waals surface area contributed by atoms with Crippen LogP contribution in [0.3, 0.4) is 0 Å². The number of amides is 2. The summed E-state index contributed by atoms with van der Waals surface area (Å²) in [5.41, 5.74) is 1.10. The Morgan fingerprint density at radius 1 is 1.03 bits per heavy atom. The van der Waals surface area contributed by atoms with Gasteiger partial charge in [0.2, 0.25) is 5.91 Å². The Morgan fingerprint density at radius 2 is 1.69 bits per heavy atom. The topological polar surface area (TPSA) is 58.6 Å². The highest BCUT2D eigenvalue weighted by Gasteiger charge is 2.26. The summed E-state index contributed by atoms with van der Waals surface area (Å²) in [4.78, 5) is 27.0. The normalized spacial score (nSPS) is 11.8. The second-order valence-corrected chi connectivity index (χ2v) is 7.76. The predicted octanol–water partition coefficient (Wildman–Crippen LogP) is 3.95. The van der Waals surface area contributed by atoms with E-state index in [9.17, 15) is 9.59 Å². The lowest BCUT2D eigenvalue weighted by Gasteiger charge is -2.29. The molecule has 0 aliphatic rings. The van der Waals surface area contributed by atoms with Crippen LogP contribution in [0.4, 0.5) is 0 Å². The highest BCUT2D eigenvalue weighted by molar-refractivity contribution is 6.32. The number of nitrogens with zero attached hydrogens (tertiary/aromatic N) is 1. The van der Waals surface area contributed by atoms with Crippen LogP contribution in [0, 0.1) is 5.92 Å². The summed E-state index contributed by atoms with van der Waals surface area (Å²) >= 11 is 6.10. The standard InChI is InChI=1S/C23H29ClN2O3/c1-17(2)15-25-23(28)18(3)26(14-13-19-9-5-4-6-10-19)22(27)16-29-21-12-8-7-11-20(21)24/h4-12,17-18H,13-16H2,1-3H3,(H,25,28)/t18-/m0/s1. The zero-order valence-corrected chi connectivity index (χ0v) is 18.0. The Labute approximate surface area is 178 Å². The monoisotopic (exact) mass is 416 g/mol. The maximum Gasteiger partial charge on any atom is 0.261 e. The van der Waals surface area contributed by atoms with Crippen molar-refractivity contribution in [2.45, 2.75) is 33.2 Å². The zero-order valence-electron chi connectivity index (χ0n) is 17.2. The van der Waals surface area contributed by atoms with Crippen molar-refractivity contribution in [3.8, 4) is 5.75 Å². The van der Waals surface area contributed by atoms with Gasteiger partial charge >= 0.3 is 0 Å². The van der Waals surface area contributed by atoms with Crippen LogP contribution in [-0.2, 0) is 16.0 Å². The average Bonchev–Trinajstić information content (AvgIpc) is 2.72. The van der Waals surface area contributed by atoms with Crippen LogP contribution in [-0.4, -0.2) is 42.5 Å². The summed E-state index contributed by atoms with van der Waals surface area (Å²) in [5.74, 6) is 0.358. The van der Waals surface area contributed by atoms with E-state index in [0.717, 1.165) is 5.56 Å². The van der Waals surface area contributed by atoms with Gasteiger partial charge in [-0.25, -0.2) is 0 Å². The van der Waals surface area contributed by atoms with Crippen LogP contribution >= 0.6 is 11.6 Å². The first-order valence-electron chi connectivity index (χ1n) is 9.87. The van der Waals surface area contributed by atoms with Gasteiger partial charge in [0.15, 0.2) is 6.61 Å². The fourth-order valence-corrected chi connectivity index (χ4v) is 3.00. The van der Waals surface area contributed by atoms with Crippen LogP contribution < -0.4 is 10.1 Å². The van der Waals surface area contributed by atoms with E-state index in [1.54, 1.807) is 36.1 Å². The van der Waals surface area contributed by atoms with E-state index in [2.05, 4.69) is 5.32 Å². The minimum atomic E-state index is -0.597. The Hall–Kier alpha value is -2.53. The molecular formula is C23H29ClN2O3. The van der Waals surface area contributed by atoms with E-state index in [1.807, 2.05) is 44.2 Å². The van der Waals surface area contributed by atoms with Crippen molar-refractivity contribution in [3.05, 3.63) is 65.2 Å². The van der Waals surface area contributed by atoms with Crippen molar-refractivity contribution in [2.24, 2.45) is 5.92 Å². The lowest BCUT2D eigenvalue weighted by Crippen LogP contribution is -2.50. The second-order valence-electron chi connectivity index (χ2n) is 7.36. The van der Waals surface area contributed by atoms with Gasteiger partial charge in [0, 0.05) is 13.1 Å². The SMILES string of the molecule is CC(C)CNC(=O)[C@H](C)N(CCc1ccccc1)C(=O)COc1ccccc1Cl. The maximum absolute atomic E-state index is 12.9. The maximum atomic E-state index is 12.9. The largest absolute Gasteiger partial charge is 0.482 e. The molecule has 0 radical (unpaired) electrons. The number of nitrogens with one attached hydrogen (secondary N) is 1. The van der Waals surface area contributed by atoms with Crippen molar-refractivity contribution >= 4 is 23.4 Å². The van der Waals surface area contributed by atoms with Crippen molar-refractivity contribution in [1.29, 1.82) is 0 Å². The number of para-hydroxylation sites is 1. The third-order valence-electron chi connectivity index (χ3n) is 4.52. The summed E-state index contributed by atoms with van der Waals surface area (Å²) in [6.07, 6.45) is 0.653. The molecule has 0 heterocycles. The van der Waals surface area contributed by atoms with Crippen LogP contribution in [0.5, 0.6) is 5.75 Å². The highest BCUT2D eigenvalue weighted by Crippen LogP contribution is 2.23. The smallest absolute Gasteiger partial charge is 0.261 e. The minimum absolute atomic E-state index is 0.169. The summed E-state index contributed by atoms with van der Waals surface area (Å²) in [7, 11) is 0. The van der Waals surface area contributed by atoms with Gasteiger partial charge in [-0.2, -0.15) is 0 Å². The lowest BCUT2D eigenvalue weighted by atomic mass is 10.1. The summed E-state index contributed by atoms with van der Waals surface area (Å²) < 4.78 is 5.60. The van der Waals surface area contributed by atoms with Crippen LogP contribution in [0.15, 0.2) is 54.6 Å². The first kappa shape index (κ1) is 22.8. The lowest BCUT2D eigenvalue weighted by molar-refractivity contribution is -0.141. The second kappa shape index (κ2) is 11.5. The number of hydrogen-bond donors (Lipinski definition) is 1. The molecule has 0 saturated carbocycles. The fraction of sp³-hybridized carbons (Fsp3) is 0.391. The molecule has 0 spiro atoms. The Balaban J connectivity index is 2.06. The molecule has 0 bridgehead atoms. The van der Waals surface area contributed by atoms with Gasteiger partial charge in [0.25, 0.3) is 5.91 Å². The van der Waals surface area contributed by atoms with E-state index in [-0.39, 0.29) is 18.4 Å². The van der Waals surface area contributed by atoms with Crippen molar-refractivity contribution in [1.82, 2.24) is 10.2 Å². The third kappa shape index (κ3) is 7.42. The molecular weight excluding hydrogens is 388 g/mol. The summed E-state index contributed by atoms with van der Waals surface area (Å²) in [6.45, 7) is 6.61. The molecule has 1 N–H and O–H groups in total. The predicted molar refractivity (Wildman–Crippen MR) is 116 cm³/mol. The van der Waals surface area contributed by atoms with Gasteiger partial charge in [0.1, 0.15) is 11.8 Å². The van der Waals surface area contributed by atoms with Crippen LogP contribution in [0.2, 0.25) is 5.02 Å². The molecule has 6 heteroatoms. The molecule has 0 aliphatic heterocycles. The Morgan fingerprint density at radius 3 is 2.34 bits per heavy atom. The minimum Gasteiger partial charge on any atom is -0.482 e. The molecule has 5 nitrogen and oxygen atoms in total. The van der Waals surface area contributed by atoms with E-state index in [4.69, 9.17) is 16.3 Å². The number of benzene rings is 2. The van der Waals surface area contributed by atoms with E-state index >= 15 is 0 Å². The van der Waals surface area contributed by atoms with Crippen molar-refractivity contribution < 1.29 is 14.3 Å².